The monoisotopic (exact) mass is 274 g/mol. The number of methoxy groups -OCH3 is 1. The number of hydrogen-bond donors (Lipinski definition) is 1. The van der Waals surface area contributed by atoms with E-state index in [0.29, 0.717) is 0 Å². The summed E-state index contributed by atoms with van der Waals surface area (Å²) in [6, 6.07) is 0. The second-order valence-electron chi connectivity index (χ2n) is 3.43. The molecule has 0 rings (SSSR count). The molecule has 0 aromatic rings. The molecule has 0 aromatic heterocycles. The van der Waals surface area contributed by atoms with Crippen molar-refractivity contribution in [1.82, 2.24) is 10.2 Å². The Morgan fingerprint density at radius 3 is 2.39 bits per heavy atom. The summed E-state index contributed by atoms with van der Waals surface area (Å²) < 4.78 is 53.7. The van der Waals surface area contributed by atoms with Gasteiger partial charge in [0.1, 0.15) is 0 Å². The first-order chi connectivity index (χ1) is 8.23. The van der Waals surface area contributed by atoms with Crippen molar-refractivity contribution >= 4 is 11.8 Å². The molecule has 9 heteroatoms. The van der Waals surface area contributed by atoms with E-state index in [1.54, 1.807) is 0 Å². The maximum absolute atomic E-state index is 12.7. The zero-order valence-electron chi connectivity index (χ0n) is 9.88. The number of halogens is 4. The molecule has 0 unspecified atom stereocenters. The van der Waals surface area contributed by atoms with Crippen LogP contribution in [-0.4, -0.2) is 62.9 Å². The molecule has 0 aliphatic rings. The summed E-state index contributed by atoms with van der Waals surface area (Å²) in [4.78, 5) is 22.3. The summed E-state index contributed by atoms with van der Waals surface area (Å²) in [7, 11) is 2.24. The molecule has 0 saturated heterocycles. The average molecular weight is 274 g/mol. The van der Waals surface area contributed by atoms with E-state index in [1.165, 1.54) is 7.11 Å². The van der Waals surface area contributed by atoms with Crippen LogP contribution >= 0.6 is 0 Å². The average Bonchev–Trinajstić information content (AvgIpc) is 2.27. The Bertz CT molecular complexity index is 300. The molecule has 0 saturated carbocycles. The van der Waals surface area contributed by atoms with Crippen LogP contribution in [0.5, 0.6) is 0 Å². The van der Waals surface area contributed by atoms with Crippen LogP contribution in [-0.2, 0) is 14.3 Å². The van der Waals surface area contributed by atoms with Crippen LogP contribution in [0.2, 0.25) is 0 Å². The maximum Gasteiger partial charge on any atom is 0.383 e. The van der Waals surface area contributed by atoms with E-state index in [2.05, 4.69) is 10.1 Å². The molecule has 0 radical (unpaired) electrons. The first kappa shape index (κ1) is 16.6. The second-order valence-corrected chi connectivity index (χ2v) is 3.43. The number of likely N-dealkylation sites (N-methyl/N-ethyl adjacent to an activating group) is 1. The molecule has 2 amide bonds. The quantitative estimate of drug-likeness (QED) is 0.529. The lowest BCUT2D eigenvalue weighted by atomic mass is 10.3. The van der Waals surface area contributed by atoms with Crippen LogP contribution in [0.15, 0.2) is 0 Å². The lowest BCUT2D eigenvalue weighted by Gasteiger charge is -2.22. The molecular weight excluding hydrogens is 260 g/mol. The molecule has 0 fully saturated rings. The molecule has 5 nitrogen and oxygen atoms in total. The van der Waals surface area contributed by atoms with Crippen molar-refractivity contribution in [2.24, 2.45) is 0 Å². The van der Waals surface area contributed by atoms with E-state index in [9.17, 15) is 27.2 Å². The minimum absolute atomic E-state index is 0.128. The molecule has 0 aliphatic heterocycles. The van der Waals surface area contributed by atoms with E-state index in [1.807, 2.05) is 0 Å². The SMILES string of the molecule is COCCNC(=O)CN(C)C(=O)C(F)(F)C(F)F. The number of nitrogens with zero attached hydrogens (tertiary/aromatic N) is 1. The van der Waals surface area contributed by atoms with Gasteiger partial charge in [-0.1, -0.05) is 0 Å². The molecule has 0 atom stereocenters. The van der Waals surface area contributed by atoms with Crippen molar-refractivity contribution in [3.05, 3.63) is 0 Å². The van der Waals surface area contributed by atoms with Gasteiger partial charge in [0.25, 0.3) is 5.91 Å². The second kappa shape index (κ2) is 7.14. The minimum Gasteiger partial charge on any atom is -0.383 e. The van der Waals surface area contributed by atoms with Crippen LogP contribution in [0.4, 0.5) is 17.6 Å². The fourth-order valence-electron chi connectivity index (χ4n) is 0.983. The summed E-state index contributed by atoms with van der Waals surface area (Å²) >= 11 is 0. The fourth-order valence-corrected chi connectivity index (χ4v) is 0.983. The summed E-state index contributed by atoms with van der Waals surface area (Å²) in [5.41, 5.74) is 0. The number of amides is 2. The van der Waals surface area contributed by atoms with Crippen LogP contribution < -0.4 is 5.32 Å². The maximum atomic E-state index is 12.7. The number of hydrogen-bond acceptors (Lipinski definition) is 3. The first-order valence-electron chi connectivity index (χ1n) is 4.90. The van der Waals surface area contributed by atoms with Crippen molar-refractivity contribution in [2.75, 3.05) is 33.9 Å². The Kier molecular flexibility index (Phi) is 6.60. The van der Waals surface area contributed by atoms with E-state index in [0.717, 1.165) is 7.05 Å². The third kappa shape index (κ3) is 4.86. The summed E-state index contributed by atoms with van der Waals surface area (Å²) in [6.07, 6.45) is -4.11. The van der Waals surface area contributed by atoms with Crippen LogP contribution in [0.25, 0.3) is 0 Å². The van der Waals surface area contributed by atoms with Gasteiger partial charge >= 0.3 is 12.3 Å². The minimum atomic E-state index is -4.79. The van der Waals surface area contributed by atoms with Gasteiger partial charge in [0.15, 0.2) is 0 Å². The van der Waals surface area contributed by atoms with E-state index >= 15 is 0 Å². The molecule has 0 bridgehead atoms. The van der Waals surface area contributed by atoms with Crippen molar-refractivity contribution in [1.29, 1.82) is 0 Å². The van der Waals surface area contributed by atoms with Gasteiger partial charge in [0.2, 0.25) is 5.91 Å². The molecular formula is C9H14F4N2O3. The smallest absolute Gasteiger partial charge is 0.383 e. The number of ether oxygens (including phenoxy) is 1. The van der Waals surface area contributed by atoms with Crippen LogP contribution in [0.1, 0.15) is 0 Å². The fraction of sp³-hybridized carbons (Fsp3) is 0.778. The molecule has 0 aromatic carbocycles. The highest BCUT2D eigenvalue weighted by molar-refractivity contribution is 5.88. The van der Waals surface area contributed by atoms with Gasteiger partial charge in [0, 0.05) is 20.7 Å². The molecule has 0 spiro atoms. The Balaban J connectivity index is 4.28. The lowest BCUT2D eigenvalue weighted by molar-refractivity contribution is -0.179. The van der Waals surface area contributed by atoms with Gasteiger partial charge in [-0.25, -0.2) is 8.78 Å². The number of carbonyl (C=O) groups is 2. The standard InChI is InChI=1S/C9H14F4N2O3/c1-15(5-6(16)14-3-4-18-2)8(17)9(12,13)7(10)11/h7H,3-5H2,1-2H3,(H,14,16). The number of nitrogens with one attached hydrogen (secondary N) is 1. The molecule has 0 heterocycles. The van der Waals surface area contributed by atoms with Gasteiger partial charge in [-0.2, -0.15) is 8.78 Å². The number of alkyl halides is 4. The summed E-state index contributed by atoms with van der Waals surface area (Å²) in [6.45, 7) is -0.399. The zero-order valence-corrected chi connectivity index (χ0v) is 9.88. The highest BCUT2D eigenvalue weighted by Crippen LogP contribution is 2.24. The van der Waals surface area contributed by atoms with Crippen LogP contribution in [0, 0.1) is 0 Å². The number of carbonyl (C=O) groups excluding carboxylic acids is 2. The Hall–Kier alpha value is -1.38. The molecule has 0 aliphatic carbocycles. The van der Waals surface area contributed by atoms with Gasteiger partial charge in [0.05, 0.1) is 13.2 Å². The Morgan fingerprint density at radius 1 is 1.39 bits per heavy atom. The van der Waals surface area contributed by atoms with Gasteiger partial charge in [-0.05, 0) is 0 Å². The predicted octanol–water partition coefficient (Wildman–Crippen LogP) is 0.108. The molecule has 18 heavy (non-hydrogen) atoms. The van der Waals surface area contributed by atoms with Crippen molar-refractivity contribution in [2.45, 2.75) is 12.3 Å². The van der Waals surface area contributed by atoms with Crippen LogP contribution in [0.3, 0.4) is 0 Å². The van der Waals surface area contributed by atoms with E-state index in [-0.39, 0.29) is 18.1 Å². The highest BCUT2D eigenvalue weighted by Gasteiger charge is 2.50. The zero-order chi connectivity index (χ0) is 14.3. The van der Waals surface area contributed by atoms with E-state index in [4.69, 9.17) is 0 Å². The molecule has 106 valence electrons. The van der Waals surface area contributed by atoms with E-state index < -0.39 is 30.7 Å². The largest absolute Gasteiger partial charge is 0.383 e. The third-order valence-electron chi connectivity index (χ3n) is 1.92. The third-order valence-corrected chi connectivity index (χ3v) is 1.92. The van der Waals surface area contributed by atoms with Crippen molar-refractivity contribution in [3.8, 4) is 0 Å². The number of rotatable bonds is 7. The summed E-state index contributed by atoms with van der Waals surface area (Å²) in [5, 5.41) is 2.26. The molecule has 1 N–H and O–H groups in total. The first-order valence-corrected chi connectivity index (χ1v) is 4.90. The Labute approximate surface area is 101 Å². The Morgan fingerprint density at radius 2 is 1.94 bits per heavy atom. The van der Waals surface area contributed by atoms with Crippen molar-refractivity contribution < 1.29 is 31.9 Å². The topological polar surface area (TPSA) is 58.6 Å². The predicted molar refractivity (Wildman–Crippen MR) is 53.5 cm³/mol. The van der Waals surface area contributed by atoms with Crippen molar-refractivity contribution in [3.63, 3.8) is 0 Å². The van der Waals surface area contributed by atoms with Gasteiger partial charge < -0.3 is 15.0 Å². The normalized spacial score (nSPS) is 11.5. The lowest BCUT2D eigenvalue weighted by Crippen LogP contribution is -2.49. The van der Waals surface area contributed by atoms with Gasteiger partial charge in [-0.3, -0.25) is 9.59 Å². The highest BCUT2D eigenvalue weighted by atomic mass is 19.3. The summed E-state index contributed by atoms with van der Waals surface area (Å²) in [5.74, 6) is -7.63. The van der Waals surface area contributed by atoms with Gasteiger partial charge in [-0.15, -0.1) is 0 Å².